The highest BCUT2D eigenvalue weighted by atomic mass is 16.7. The zero-order valence-corrected chi connectivity index (χ0v) is 13.3. The van der Waals surface area contributed by atoms with Gasteiger partial charge in [0, 0.05) is 10.8 Å². The van der Waals surface area contributed by atoms with Gasteiger partial charge in [-0.15, -0.1) is 0 Å². The Morgan fingerprint density at radius 2 is 1.90 bits per heavy atom. The fraction of sp³-hybridized carbons (Fsp3) is 0.556. The molecule has 2 fully saturated rings. The van der Waals surface area contributed by atoms with Crippen molar-refractivity contribution in [2.75, 3.05) is 0 Å². The van der Waals surface area contributed by atoms with Crippen LogP contribution < -0.4 is 0 Å². The molecule has 2 bridgehead atoms. The van der Waals surface area contributed by atoms with Crippen molar-refractivity contribution in [2.45, 2.75) is 47.0 Å². The number of carbonyl (C=O) groups is 1. The van der Waals surface area contributed by atoms with E-state index >= 15 is 0 Å². The zero-order chi connectivity index (χ0) is 15.3. The summed E-state index contributed by atoms with van der Waals surface area (Å²) in [6, 6.07) is 7.38. The summed E-state index contributed by atoms with van der Waals surface area (Å²) in [7, 11) is 0. The average molecular weight is 285 g/mol. The van der Waals surface area contributed by atoms with E-state index in [1.165, 1.54) is 12.8 Å². The Balaban J connectivity index is 1.80. The van der Waals surface area contributed by atoms with E-state index in [0.29, 0.717) is 11.5 Å². The van der Waals surface area contributed by atoms with Gasteiger partial charge in [0.2, 0.25) is 0 Å². The lowest BCUT2D eigenvalue weighted by atomic mass is 9.71. The average Bonchev–Trinajstić information content (AvgIpc) is 2.90. The molecule has 2 saturated carbocycles. The van der Waals surface area contributed by atoms with Crippen molar-refractivity contribution in [1.82, 2.24) is 0 Å². The minimum absolute atomic E-state index is 0.0422. The first-order valence-electron chi connectivity index (χ1n) is 7.70. The molecule has 0 unspecified atom stereocenters. The van der Waals surface area contributed by atoms with Crippen LogP contribution in [-0.4, -0.2) is 11.7 Å². The summed E-state index contributed by atoms with van der Waals surface area (Å²) in [6.07, 6.45) is 3.58. The van der Waals surface area contributed by atoms with E-state index in [9.17, 15) is 4.79 Å². The smallest absolute Gasteiger partial charge is 0.313 e. The molecule has 2 aliphatic rings. The molecular weight excluding hydrogens is 262 g/mol. The van der Waals surface area contributed by atoms with Crippen LogP contribution in [0.3, 0.4) is 0 Å². The molecule has 3 heteroatoms. The van der Waals surface area contributed by atoms with E-state index in [1.807, 2.05) is 19.1 Å². The molecule has 0 saturated heterocycles. The number of nitrogens with zero attached hydrogens (tertiary/aromatic N) is 1. The van der Waals surface area contributed by atoms with Crippen LogP contribution in [-0.2, 0) is 4.84 Å². The minimum Gasteiger partial charge on any atom is -0.313 e. The number of rotatable bonds is 2. The standard InChI is InChI=1S/C18H23NO2/c1-12-5-7-13(8-6-12)15(20)21-19-16-17(2,3)14-9-10-18(16,4)11-14/h5-8,14H,9-11H2,1-4H3/b19-16-/t14-,18+/m0/s1. The van der Waals surface area contributed by atoms with Crippen molar-refractivity contribution in [1.29, 1.82) is 0 Å². The molecule has 21 heavy (non-hydrogen) atoms. The molecule has 2 aliphatic carbocycles. The first kappa shape index (κ1) is 14.3. The lowest BCUT2D eigenvalue weighted by Gasteiger charge is -2.34. The summed E-state index contributed by atoms with van der Waals surface area (Å²) in [5.41, 5.74) is 2.89. The van der Waals surface area contributed by atoms with Crippen LogP contribution in [0.2, 0.25) is 0 Å². The Hall–Kier alpha value is -1.64. The SMILES string of the molecule is Cc1ccc(C(=O)O/N=C2/C(C)(C)[C@H]3CC[C@]2(C)C3)cc1. The normalized spacial score (nSPS) is 31.6. The Labute approximate surface area is 126 Å². The van der Waals surface area contributed by atoms with Crippen molar-refractivity contribution in [2.24, 2.45) is 21.9 Å². The van der Waals surface area contributed by atoms with Crippen molar-refractivity contribution in [3.63, 3.8) is 0 Å². The van der Waals surface area contributed by atoms with Gasteiger partial charge in [-0.2, -0.15) is 0 Å². The van der Waals surface area contributed by atoms with Crippen LogP contribution >= 0.6 is 0 Å². The maximum Gasteiger partial charge on any atom is 0.365 e. The van der Waals surface area contributed by atoms with Crippen LogP contribution in [0, 0.1) is 23.7 Å². The molecule has 3 nitrogen and oxygen atoms in total. The molecule has 1 aromatic rings. The van der Waals surface area contributed by atoms with Gasteiger partial charge in [0.1, 0.15) is 0 Å². The van der Waals surface area contributed by atoms with E-state index in [4.69, 9.17) is 4.84 Å². The molecular formula is C18H23NO2. The van der Waals surface area contributed by atoms with Crippen molar-refractivity contribution in [3.05, 3.63) is 35.4 Å². The summed E-state index contributed by atoms with van der Waals surface area (Å²) in [4.78, 5) is 17.4. The number of fused-ring (bicyclic) bond motifs is 2. The molecule has 2 atom stereocenters. The Bertz CT molecular complexity index is 593. The molecule has 0 N–H and O–H groups in total. The van der Waals surface area contributed by atoms with Crippen molar-refractivity contribution in [3.8, 4) is 0 Å². The second-order valence-electron chi connectivity index (χ2n) is 7.41. The molecule has 0 heterocycles. The molecule has 0 radical (unpaired) electrons. The first-order chi connectivity index (χ1) is 9.83. The van der Waals surface area contributed by atoms with Crippen LogP contribution in [0.15, 0.2) is 29.4 Å². The lowest BCUT2D eigenvalue weighted by molar-refractivity contribution is 0.0506. The monoisotopic (exact) mass is 285 g/mol. The number of carbonyl (C=O) groups excluding carboxylic acids is 1. The maximum atomic E-state index is 12.1. The highest BCUT2D eigenvalue weighted by Gasteiger charge is 2.57. The van der Waals surface area contributed by atoms with Crippen LogP contribution in [0.5, 0.6) is 0 Å². The molecule has 0 aliphatic heterocycles. The zero-order valence-electron chi connectivity index (χ0n) is 13.3. The molecule has 0 amide bonds. The molecule has 0 aromatic heterocycles. The highest BCUT2D eigenvalue weighted by molar-refractivity contribution is 5.98. The highest BCUT2D eigenvalue weighted by Crippen LogP contribution is 2.60. The Morgan fingerprint density at radius 1 is 1.24 bits per heavy atom. The largest absolute Gasteiger partial charge is 0.365 e. The van der Waals surface area contributed by atoms with Crippen LogP contribution in [0.1, 0.15) is 56.0 Å². The number of aryl methyl sites for hydroxylation is 1. The Kier molecular flexibility index (Phi) is 3.19. The Morgan fingerprint density at radius 3 is 2.48 bits per heavy atom. The van der Waals surface area contributed by atoms with Crippen LogP contribution in [0.4, 0.5) is 0 Å². The summed E-state index contributed by atoms with van der Waals surface area (Å²) >= 11 is 0. The van der Waals surface area contributed by atoms with Gasteiger partial charge in [-0.05, 0) is 44.2 Å². The fourth-order valence-corrected chi connectivity index (χ4v) is 4.10. The second-order valence-corrected chi connectivity index (χ2v) is 7.41. The number of oxime groups is 1. The summed E-state index contributed by atoms with van der Waals surface area (Å²) in [5.74, 6) is 0.295. The van der Waals surface area contributed by atoms with Gasteiger partial charge in [0.15, 0.2) is 0 Å². The third-order valence-corrected chi connectivity index (χ3v) is 5.45. The van der Waals surface area contributed by atoms with Crippen molar-refractivity contribution < 1.29 is 9.63 Å². The summed E-state index contributed by atoms with van der Waals surface area (Å²) in [6.45, 7) is 8.69. The fourth-order valence-electron chi connectivity index (χ4n) is 4.10. The van der Waals surface area contributed by atoms with Crippen LogP contribution in [0.25, 0.3) is 0 Å². The maximum absolute atomic E-state index is 12.1. The predicted octanol–water partition coefficient (Wildman–Crippen LogP) is 4.35. The van der Waals surface area contributed by atoms with Gasteiger partial charge >= 0.3 is 5.97 Å². The molecule has 3 rings (SSSR count). The number of hydrogen-bond acceptors (Lipinski definition) is 3. The van der Waals surface area contributed by atoms with Gasteiger partial charge in [-0.25, -0.2) is 4.79 Å². The van der Waals surface area contributed by atoms with Crippen molar-refractivity contribution >= 4 is 11.7 Å². The summed E-state index contributed by atoms with van der Waals surface area (Å²) in [5, 5.41) is 4.30. The second kappa shape index (κ2) is 4.69. The van der Waals surface area contributed by atoms with E-state index in [-0.39, 0.29) is 16.8 Å². The number of hydrogen-bond donors (Lipinski definition) is 0. The predicted molar refractivity (Wildman–Crippen MR) is 83.3 cm³/mol. The molecule has 1 aromatic carbocycles. The molecule has 112 valence electrons. The minimum atomic E-state index is -0.371. The first-order valence-corrected chi connectivity index (χ1v) is 7.70. The number of benzene rings is 1. The van der Waals surface area contributed by atoms with E-state index < -0.39 is 0 Å². The van der Waals surface area contributed by atoms with E-state index in [0.717, 1.165) is 17.7 Å². The van der Waals surface area contributed by atoms with E-state index in [2.05, 4.69) is 25.9 Å². The molecule has 0 spiro atoms. The third kappa shape index (κ3) is 2.29. The lowest BCUT2D eigenvalue weighted by Crippen LogP contribution is -2.36. The topological polar surface area (TPSA) is 38.7 Å². The summed E-state index contributed by atoms with van der Waals surface area (Å²) < 4.78 is 0. The van der Waals surface area contributed by atoms with Gasteiger partial charge < -0.3 is 4.84 Å². The van der Waals surface area contributed by atoms with Gasteiger partial charge in [-0.1, -0.05) is 43.6 Å². The third-order valence-electron chi connectivity index (χ3n) is 5.45. The van der Waals surface area contributed by atoms with E-state index in [1.54, 1.807) is 12.1 Å². The van der Waals surface area contributed by atoms with Gasteiger partial charge in [-0.3, -0.25) is 0 Å². The van der Waals surface area contributed by atoms with Gasteiger partial charge in [0.05, 0.1) is 11.3 Å². The quantitative estimate of drug-likeness (QED) is 0.598. The van der Waals surface area contributed by atoms with Gasteiger partial charge in [0.25, 0.3) is 0 Å².